The molecule has 0 radical (unpaired) electrons. The molecule has 0 aliphatic carbocycles. The van der Waals surface area contributed by atoms with Crippen LogP contribution in [0.2, 0.25) is 0 Å². The fourth-order valence-electron chi connectivity index (χ4n) is 5.23. The first kappa shape index (κ1) is 24.7. The summed E-state index contributed by atoms with van der Waals surface area (Å²) < 4.78 is 5.61. The van der Waals surface area contributed by atoms with E-state index in [-0.39, 0.29) is 0 Å². The molecule has 0 bridgehead atoms. The minimum Gasteiger partial charge on any atom is -0.378 e. The molecular formula is C30H35N7O. The van der Waals surface area contributed by atoms with Crippen LogP contribution < -0.4 is 9.80 Å². The van der Waals surface area contributed by atoms with Gasteiger partial charge in [0.1, 0.15) is 5.82 Å². The zero-order valence-corrected chi connectivity index (χ0v) is 22.5. The molecule has 38 heavy (non-hydrogen) atoms. The number of nitrogens with zero attached hydrogens (tertiary/aromatic N) is 7. The van der Waals surface area contributed by atoms with Crippen LogP contribution in [0.5, 0.6) is 0 Å². The predicted molar refractivity (Wildman–Crippen MR) is 153 cm³/mol. The quantitative estimate of drug-likeness (QED) is 0.391. The molecular weight excluding hydrogens is 474 g/mol. The Balaban J connectivity index is 1.49. The van der Waals surface area contributed by atoms with E-state index < -0.39 is 0 Å². The van der Waals surface area contributed by atoms with Gasteiger partial charge in [-0.3, -0.25) is 9.88 Å². The molecule has 0 unspecified atom stereocenters. The Morgan fingerprint density at radius 3 is 2.29 bits per heavy atom. The molecule has 5 heterocycles. The lowest BCUT2D eigenvalue weighted by Crippen LogP contribution is -2.49. The Hall–Kier alpha value is -3.62. The highest BCUT2D eigenvalue weighted by Gasteiger charge is 2.25. The number of para-hydroxylation sites is 1. The van der Waals surface area contributed by atoms with Crippen LogP contribution in [-0.2, 0) is 4.74 Å². The fraction of sp³-hybridized carbons (Fsp3) is 0.400. The summed E-state index contributed by atoms with van der Waals surface area (Å²) in [6, 6.07) is 17.3. The number of anilines is 2. The maximum Gasteiger partial charge on any atom is 0.226 e. The van der Waals surface area contributed by atoms with Gasteiger partial charge in [0.25, 0.3) is 0 Å². The normalized spacial score (nSPS) is 16.9. The number of piperazine rings is 1. The lowest BCUT2D eigenvalue weighted by atomic mass is 10.1. The fourth-order valence-corrected chi connectivity index (χ4v) is 5.23. The van der Waals surface area contributed by atoms with Gasteiger partial charge in [0, 0.05) is 73.7 Å². The highest BCUT2D eigenvalue weighted by atomic mass is 16.5. The predicted octanol–water partition coefficient (Wildman–Crippen LogP) is 4.43. The minimum absolute atomic E-state index is 0.546. The van der Waals surface area contributed by atoms with Gasteiger partial charge >= 0.3 is 0 Å². The van der Waals surface area contributed by atoms with Gasteiger partial charge in [-0.2, -0.15) is 0 Å². The summed E-state index contributed by atoms with van der Waals surface area (Å²) in [5, 5.41) is 1.11. The van der Waals surface area contributed by atoms with Crippen LogP contribution in [-0.4, -0.2) is 83.4 Å². The van der Waals surface area contributed by atoms with Gasteiger partial charge in [0.2, 0.25) is 5.95 Å². The Bertz CT molecular complexity index is 1410. The summed E-state index contributed by atoms with van der Waals surface area (Å²) in [4.78, 5) is 27.0. The topological polar surface area (TPSA) is 70.5 Å². The Labute approximate surface area is 224 Å². The second-order valence-electron chi connectivity index (χ2n) is 10.4. The van der Waals surface area contributed by atoms with Gasteiger partial charge < -0.3 is 14.5 Å². The number of morpholine rings is 1. The molecule has 6 rings (SSSR count). The SMILES string of the molecule is Cc1ccc(-c2cc(-c3cc4ccccc4nc3N3CCN(C(C)C)CC3)nc(N3CCOCC3)n2)cn1. The maximum atomic E-state index is 5.61. The summed E-state index contributed by atoms with van der Waals surface area (Å²) in [5.74, 6) is 1.72. The summed E-state index contributed by atoms with van der Waals surface area (Å²) in [7, 11) is 0. The number of fused-ring (bicyclic) bond motifs is 1. The molecule has 0 N–H and O–H groups in total. The molecule has 3 aromatic heterocycles. The third-order valence-corrected chi connectivity index (χ3v) is 7.54. The number of benzene rings is 1. The zero-order chi connectivity index (χ0) is 26.1. The summed E-state index contributed by atoms with van der Waals surface area (Å²) in [6.07, 6.45) is 1.90. The van der Waals surface area contributed by atoms with Crippen LogP contribution in [0.25, 0.3) is 33.4 Å². The molecule has 8 nitrogen and oxygen atoms in total. The smallest absolute Gasteiger partial charge is 0.226 e. The average molecular weight is 510 g/mol. The van der Waals surface area contributed by atoms with E-state index in [2.05, 4.69) is 76.0 Å². The average Bonchev–Trinajstić information content (AvgIpc) is 2.97. The number of aromatic nitrogens is 4. The van der Waals surface area contributed by atoms with Gasteiger partial charge in [0.15, 0.2) is 0 Å². The van der Waals surface area contributed by atoms with Crippen LogP contribution in [0.15, 0.2) is 54.7 Å². The Morgan fingerprint density at radius 2 is 1.55 bits per heavy atom. The number of aryl methyl sites for hydroxylation is 1. The molecule has 2 fully saturated rings. The van der Waals surface area contributed by atoms with E-state index in [1.54, 1.807) is 0 Å². The van der Waals surface area contributed by atoms with E-state index in [0.717, 1.165) is 90.1 Å². The van der Waals surface area contributed by atoms with Crippen molar-refractivity contribution in [1.82, 2.24) is 24.8 Å². The molecule has 0 amide bonds. The van der Waals surface area contributed by atoms with Crippen molar-refractivity contribution >= 4 is 22.7 Å². The highest BCUT2D eigenvalue weighted by molar-refractivity contribution is 5.89. The van der Waals surface area contributed by atoms with Crippen molar-refractivity contribution in [2.24, 2.45) is 0 Å². The molecule has 4 aromatic rings. The molecule has 0 atom stereocenters. The molecule has 0 spiro atoms. The highest BCUT2D eigenvalue weighted by Crippen LogP contribution is 2.35. The van der Waals surface area contributed by atoms with E-state index in [1.807, 2.05) is 19.2 Å². The van der Waals surface area contributed by atoms with Crippen molar-refractivity contribution in [3.63, 3.8) is 0 Å². The van der Waals surface area contributed by atoms with Gasteiger partial charge in [-0.1, -0.05) is 18.2 Å². The second-order valence-corrected chi connectivity index (χ2v) is 10.4. The molecule has 0 saturated carbocycles. The standard InChI is InChI=1S/C30H35N7O/c1-21(2)35-10-12-36(13-11-35)29-25(18-23-6-4-5-7-26(23)32-29)28-19-27(24-9-8-22(3)31-20-24)33-30(34-28)37-14-16-38-17-15-37/h4-9,18-21H,10-17H2,1-3H3. The second kappa shape index (κ2) is 10.6. The zero-order valence-electron chi connectivity index (χ0n) is 22.5. The summed E-state index contributed by atoms with van der Waals surface area (Å²) in [6.45, 7) is 13.4. The van der Waals surface area contributed by atoms with E-state index in [0.29, 0.717) is 19.3 Å². The van der Waals surface area contributed by atoms with Crippen molar-refractivity contribution in [1.29, 1.82) is 0 Å². The largest absolute Gasteiger partial charge is 0.378 e. The Kier molecular flexibility index (Phi) is 6.91. The molecule has 196 valence electrons. The molecule has 2 saturated heterocycles. The first-order valence-electron chi connectivity index (χ1n) is 13.6. The van der Waals surface area contributed by atoms with Crippen molar-refractivity contribution in [3.05, 3.63) is 60.4 Å². The van der Waals surface area contributed by atoms with Gasteiger partial charge in [0.05, 0.1) is 30.1 Å². The van der Waals surface area contributed by atoms with Gasteiger partial charge in [-0.25, -0.2) is 15.0 Å². The molecule has 1 aromatic carbocycles. The van der Waals surface area contributed by atoms with Crippen LogP contribution in [0.3, 0.4) is 0 Å². The first-order valence-corrected chi connectivity index (χ1v) is 13.6. The molecule has 8 heteroatoms. The van der Waals surface area contributed by atoms with Crippen molar-refractivity contribution in [2.45, 2.75) is 26.8 Å². The number of hydrogen-bond donors (Lipinski definition) is 0. The maximum absolute atomic E-state index is 5.61. The molecule has 2 aliphatic heterocycles. The van der Waals surface area contributed by atoms with Gasteiger partial charge in [-0.15, -0.1) is 0 Å². The number of rotatable bonds is 5. The van der Waals surface area contributed by atoms with Crippen molar-refractivity contribution < 1.29 is 4.74 Å². The number of pyridine rings is 2. The monoisotopic (exact) mass is 509 g/mol. The lowest BCUT2D eigenvalue weighted by Gasteiger charge is -2.38. The van der Waals surface area contributed by atoms with Crippen LogP contribution in [0.4, 0.5) is 11.8 Å². The Morgan fingerprint density at radius 1 is 0.789 bits per heavy atom. The summed E-state index contributed by atoms with van der Waals surface area (Å²) >= 11 is 0. The minimum atomic E-state index is 0.546. The van der Waals surface area contributed by atoms with E-state index in [9.17, 15) is 0 Å². The van der Waals surface area contributed by atoms with Gasteiger partial charge in [-0.05, 0) is 51.1 Å². The third-order valence-electron chi connectivity index (χ3n) is 7.54. The van der Waals surface area contributed by atoms with Crippen LogP contribution in [0.1, 0.15) is 19.5 Å². The van der Waals surface area contributed by atoms with Crippen LogP contribution in [0, 0.1) is 6.92 Å². The van der Waals surface area contributed by atoms with E-state index in [4.69, 9.17) is 19.7 Å². The number of ether oxygens (including phenoxy) is 1. The van der Waals surface area contributed by atoms with E-state index in [1.165, 1.54) is 0 Å². The summed E-state index contributed by atoms with van der Waals surface area (Å²) in [5.41, 5.74) is 5.76. The third kappa shape index (κ3) is 5.06. The molecule has 2 aliphatic rings. The van der Waals surface area contributed by atoms with E-state index >= 15 is 0 Å². The van der Waals surface area contributed by atoms with Crippen molar-refractivity contribution in [3.8, 4) is 22.5 Å². The van der Waals surface area contributed by atoms with Crippen molar-refractivity contribution in [2.75, 3.05) is 62.3 Å². The number of hydrogen-bond acceptors (Lipinski definition) is 8. The lowest BCUT2D eigenvalue weighted by molar-refractivity contribution is 0.122. The van der Waals surface area contributed by atoms with Crippen LogP contribution >= 0.6 is 0 Å². The first-order chi connectivity index (χ1) is 18.5.